The fourth-order valence-corrected chi connectivity index (χ4v) is 3.36. The van der Waals surface area contributed by atoms with E-state index in [9.17, 15) is 19.2 Å². The number of esters is 1. The number of hydrogen-bond acceptors (Lipinski definition) is 5. The van der Waals surface area contributed by atoms with Gasteiger partial charge in [-0.1, -0.05) is 30.3 Å². The molecule has 0 radical (unpaired) electrons. The molecule has 2 aliphatic heterocycles. The number of carbonyl (C=O) groups is 4. The van der Waals surface area contributed by atoms with Crippen molar-refractivity contribution in [2.75, 3.05) is 32.8 Å². The quantitative estimate of drug-likeness (QED) is 0.581. The van der Waals surface area contributed by atoms with Crippen molar-refractivity contribution in [3.8, 4) is 0 Å². The zero-order valence-electron chi connectivity index (χ0n) is 15.1. The zero-order valence-corrected chi connectivity index (χ0v) is 15.1. The van der Waals surface area contributed by atoms with Crippen LogP contribution in [0.3, 0.4) is 0 Å². The fourth-order valence-electron chi connectivity index (χ4n) is 3.36. The molecule has 2 fully saturated rings. The summed E-state index contributed by atoms with van der Waals surface area (Å²) in [5, 5.41) is 2.32. The van der Waals surface area contributed by atoms with Crippen LogP contribution in [-0.4, -0.2) is 66.4 Å². The molecule has 0 aromatic heterocycles. The van der Waals surface area contributed by atoms with Gasteiger partial charge in [0.2, 0.25) is 0 Å². The molecule has 0 bridgehead atoms. The Kier molecular flexibility index (Phi) is 6.05. The van der Waals surface area contributed by atoms with E-state index in [0.717, 1.165) is 24.2 Å². The van der Waals surface area contributed by atoms with Gasteiger partial charge in [0.15, 0.2) is 6.61 Å². The van der Waals surface area contributed by atoms with Crippen molar-refractivity contribution in [1.82, 2.24) is 15.1 Å². The molecule has 3 rings (SSSR count). The molecule has 144 valence electrons. The maximum Gasteiger partial charge on any atom is 0.326 e. The second-order valence-corrected chi connectivity index (χ2v) is 6.81. The number of benzene rings is 1. The Hall–Kier alpha value is -2.90. The number of rotatable bonds is 6. The van der Waals surface area contributed by atoms with Crippen molar-refractivity contribution in [2.24, 2.45) is 5.92 Å². The lowest BCUT2D eigenvalue weighted by atomic mass is 9.90. The molecule has 8 heteroatoms. The summed E-state index contributed by atoms with van der Waals surface area (Å²) in [6, 6.07) is 9.66. The largest absolute Gasteiger partial charge is 0.454 e. The lowest BCUT2D eigenvalue weighted by Gasteiger charge is -2.32. The number of piperidine rings is 1. The summed E-state index contributed by atoms with van der Waals surface area (Å²) in [7, 11) is 0. The lowest BCUT2D eigenvalue weighted by molar-refractivity contribution is -0.153. The Balaban J connectivity index is 1.37. The van der Waals surface area contributed by atoms with E-state index in [1.165, 1.54) is 5.56 Å². The second kappa shape index (κ2) is 8.66. The van der Waals surface area contributed by atoms with Gasteiger partial charge in [-0.25, -0.2) is 4.79 Å². The molecule has 8 nitrogen and oxygen atoms in total. The van der Waals surface area contributed by atoms with Crippen LogP contribution in [0.15, 0.2) is 30.3 Å². The van der Waals surface area contributed by atoms with Gasteiger partial charge < -0.3 is 15.0 Å². The zero-order chi connectivity index (χ0) is 19.2. The van der Waals surface area contributed by atoms with E-state index >= 15 is 0 Å². The van der Waals surface area contributed by atoms with E-state index in [0.29, 0.717) is 19.0 Å². The SMILES string of the molecule is O=C(CN1C(=O)CNC1=O)OCC(=O)N1CCC(Cc2ccccc2)CC1. The van der Waals surface area contributed by atoms with Crippen molar-refractivity contribution < 1.29 is 23.9 Å². The number of nitrogens with one attached hydrogen (secondary N) is 1. The van der Waals surface area contributed by atoms with E-state index in [-0.39, 0.29) is 19.1 Å². The van der Waals surface area contributed by atoms with Crippen LogP contribution >= 0.6 is 0 Å². The predicted octanol–water partition coefficient (Wildman–Crippen LogP) is 0.563. The van der Waals surface area contributed by atoms with Gasteiger partial charge in [0.25, 0.3) is 11.8 Å². The van der Waals surface area contributed by atoms with Gasteiger partial charge in [-0.05, 0) is 30.7 Å². The number of nitrogens with zero attached hydrogens (tertiary/aromatic N) is 2. The third-order valence-corrected chi connectivity index (χ3v) is 4.92. The van der Waals surface area contributed by atoms with E-state index < -0.39 is 24.5 Å². The molecule has 0 atom stereocenters. The van der Waals surface area contributed by atoms with Gasteiger partial charge in [0, 0.05) is 13.1 Å². The monoisotopic (exact) mass is 373 g/mol. The average Bonchev–Trinajstić information content (AvgIpc) is 2.99. The first-order valence-corrected chi connectivity index (χ1v) is 9.08. The lowest BCUT2D eigenvalue weighted by Crippen LogP contribution is -2.42. The molecule has 4 amide bonds. The van der Waals surface area contributed by atoms with E-state index in [1.807, 2.05) is 18.2 Å². The number of ether oxygens (including phenoxy) is 1. The van der Waals surface area contributed by atoms with Gasteiger partial charge in [-0.3, -0.25) is 19.3 Å². The van der Waals surface area contributed by atoms with Crippen molar-refractivity contribution in [2.45, 2.75) is 19.3 Å². The molecule has 2 aliphatic rings. The Morgan fingerprint density at radius 3 is 2.44 bits per heavy atom. The van der Waals surface area contributed by atoms with Crippen molar-refractivity contribution >= 4 is 23.8 Å². The highest BCUT2D eigenvalue weighted by atomic mass is 16.5. The topological polar surface area (TPSA) is 96.0 Å². The minimum absolute atomic E-state index is 0.122. The van der Waals surface area contributed by atoms with Gasteiger partial charge in [-0.2, -0.15) is 0 Å². The molecule has 0 spiro atoms. The molecule has 1 N–H and O–H groups in total. The first-order valence-electron chi connectivity index (χ1n) is 9.08. The standard InChI is InChI=1S/C19H23N3O5/c23-16-11-20-19(26)22(16)12-18(25)27-13-17(24)21-8-6-15(7-9-21)10-14-4-2-1-3-5-14/h1-5,15H,6-13H2,(H,20,26). The van der Waals surface area contributed by atoms with E-state index in [4.69, 9.17) is 4.74 Å². The van der Waals surface area contributed by atoms with Crippen molar-refractivity contribution in [3.63, 3.8) is 0 Å². The smallest absolute Gasteiger partial charge is 0.326 e. The third kappa shape index (κ3) is 5.06. The Morgan fingerprint density at radius 2 is 1.81 bits per heavy atom. The summed E-state index contributed by atoms with van der Waals surface area (Å²) in [5.74, 6) is -0.964. The minimum Gasteiger partial charge on any atom is -0.454 e. The number of urea groups is 1. The summed E-state index contributed by atoms with van der Waals surface area (Å²) in [6.07, 6.45) is 2.83. The second-order valence-electron chi connectivity index (χ2n) is 6.81. The molecule has 0 aliphatic carbocycles. The summed E-state index contributed by atoms with van der Waals surface area (Å²) < 4.78 is 4.93. The number of imide groups is 1. The highest BCUT2D eigenvalue weighted by molar-refractivity contribution is 6.04. The summed E-state index contributed by atoms with van der Waals surface area (Å²) >= 11 is 0. The molecule has 1 aromatic carbocycles. The number of likely N-dealkylation sites (tertiary alicyclic amines) is 1. The average molecular weight is 373 g/mol. The first-order chi connectivity index (χ1) is 13.0. The number of amides is 4. The van der Waals surface area contributed by atoms with Gasteiger partial charge >= 0.3 is 12.0 Å². The molecule has 0 unspecified atom stereocenters. The Morgan fingerprint density at radius 1 is 1.11 bits per heavy atom. The molecule has 0 saturated carbocycles. The van der Waals surface area contributed by atoms with E-state index in [2.05, 4.69) is 17.4 Å². The van der Waals surface area contributed by atoms with Crippen molar-refractivity contribution in [1.29, 1.82) is 0 Å². The maximum absolute atomic E-state index is 12.2. The number of carbonyl (C=O) groups excluding carboxylic acids is 4. The maximum atomic E-state index is 12.2. The summed E-state index contributed by atoms with van der Waals surface area (Å²) in [4.78, 5) is 49.3. The van der Waals surface area contributed by atoms with Gasteiger partial charge in [0.05, 0.1) is 6.54 Å². The molecular formula is C19H23N3O5. The van der Waals surface area contributed by atoms with Crippen LogP contribution in [0.5, 0.6) is 0 Å². The molecular weight excluding hydrogens is 350 g/mol. The van der Waals surface area contributed by atoms with Gasteiger partial charge in [0.1, 0.15) is 6.54 Å². The van der Waals surface area contributed by atoms with Crippen LogP contribution in [0.25, 0.3) is 0 Å². The molecule has 1 aromatic rings. The minimum atomic E-state index is -0.771. The van der Waals surface area contributed by atoms with Crippen LogP contribution in [0.4, 0.5) is 4.79 Å². The number of hydrogen-bond donors (Lipinski definition) is 1. The summed E-state index contributed by atoms with van der Waals surface area (Å²) in [5.41, 5.74) is 1.30. The Labute approximate surface area is 157 Å². The van der Waals surface area contributed by atoms with Crippen LogP contribution in [0, 0.1) is 5.92 Å². The first kappa shape index (κ1) is 18.9. The Bertz CT molecular complexity index is 697. The molecule has 2 heterocycles. The van der Waals surface area contributed by atoms with Crippen LogP contribution in [-0.2, 0) is 25.5 Å². The fraction of sp³-hybridized carbons (Fsp3) is 0.474. The normalized spacial score (nSPS) is 17.8. The van der Waals surface area contributed by atoms with Crippen LogP contribution < -0.4 is 5.32 Å². The predicted molar refractivity (Wildman–Crippen MR) is 95.5 cm³/mol. The molecule has 2 saturated heterocycles. The third-order valence-electron chi connectivity index (χ3n) is 4.92. The van der Waals surface area contributed by atoms with Gasteiger partial charge in [-0.15, -0.1) is 0 Å². The summed E-state index contributed by atoms with van der Waals surface area (Å²) in [6.45, 7) is 0.313. The molecule has 27 heavy (non-hydrogen) atoms. The highest BCUT2D eigenvalue weighted by Crippen LogP contribution is 2.21. The van der Waals surface area contributed by atoms with Crippen molar-refractivity contribution in [3.05, 3.63) is 35.9 Å². The highest BCUT2D eigenvalue weighted by Gasteiger charge is 2.31. The van der Waals surface area contributed by atoms with E-state index in [1.54, 1.807) is 4.90 Å². The van der Waals surface area contributed by atoms with Crippen LogP contribution in [0.2, 0.25) is 0 Å². The van der Waals surface area contributed by atoms with Crippen LogP contribution in [0.1, 0.15) is 18.4 Å².